The lowest BCUT2D eigenvalue weighted by atomic mass is 10.0. The molecule has 3 heteroatoms. The summed E-state index contributed by atoms with van der Waals surface area (Å²) in [4.78, 5) is 5.70. The van der Waals surface area contributed by atoms with E-state index in [1.54, 1.807) is 0 Å². The van der Waals surface area contributed by atoms with E-state index in [2.05, 4.69) is 41.7 Å². The van der Waals surface area contributed by atoms with Gasteiger partial charge in [-0.2, -0.15) is 0 Å². The van der Waals surface area contributed by atoms with Crippen molar-refractivity contribution >= 4 is 11.3 Å². The van der Waals surface area contributed by atoms with E-state index in [0.717, 1.165) is 25.8 Å². The topological polar surface area (TPSA) is 24.9 Å². The monoisotopic (exact) mass is 274 g/mol. The van der Waals surface area contributed by atoms with Crippen LogP contribution in [0.1, 0.15) is 42.3 Å². The van der Waals surface area contributed by atoms with Gasteiger partial charge in [0.05, 0.1) is 0 Å². The third-order valence-corrected chi connectivity index (χ3v) is 4.35. The number of rotatable bonds is 7. The highest BCUT2D eigenvalue weighted by atomic mass is 32.1. The van der Waals surface area contributed by atoms with E-state index in [4.69, 9.17) is 0 Å². The second-order valence-corrected chi connectivity index (χ2v) is 5.68. The van der Waals surface area contributed by atoms with Crippen LogP contribution in [0.3, 0.4) is 0 Å². The van der Waals surface area contributed by atoms with Crippen molar-refractivity contribution in [2.45, 2.75) is 39.2 Å². The second-order valence-electron chi connectivity index (χ2n) is 4.74. The number of nitrogens with one attached hydrogen (secondary N) is 1. The maximum atomic E-state index is 4.22. The van der Waals surface area contributed by atoms with Gasteiger partial charge < -0.3 is 5.32 Å². The van der Waals surface area contributed by atoms with Gasteiger partial charge in [-0.1, -0.05) is 19.9 Å². The summed E-state index contributed by atoms with van der Waals surface area (Å²) in [5, 5.41) is 5.88. The predicted molar refractivity (Wildman–Crippen MR) is 82.7 cm³/mol. The second kappa shape index (κ2) is 7.41. The summed E-state index contributed by atoms with van der Waals surface area (Å²) < 4.78 is 0. The molecule has 0 aliphatic heterocycles. The summed E-state index contributed by atoms with van der Waals surface area (Å²) in [6.07, 6.45) is 7.09. The van der Waals surface area contributed by atoms with E-state index in [-0.39, 0.29) is 0 Å². The van der Waals surface area contributed by atoms with Crippen molar-refractivity contribution in [2.24, 2.45) is 0 Å². The van der Waals surface area contributed by atoms with E-state index in [1.807, 2.05) is 29.8 Å². The molecule has 2 heterocycles. The molecule has 1 N–H and O–H groups in total. The van der Waals surface area contributed by atoms with Crippen molar-refractivity contribution in [3.8, 4) is 0 Å². The van der Waals surface area contributed by atoms with Gasteiger partial charge in [0.2, 0.25) is 0 Å². The Kier molecular flexibility index (Phi) is 5.55. The summed E-state index contributed by atoms with van der Waals surface area (Å²) >= 11 is 1.87. The molecule has 0 amide bonds. The maximum absolute atomic E-state index is 4.22. The zero-order valence-electron chi connectivity index (χ0n) is 11.7. The lowest BCUT2D eigenvalue weighted by Crippen LogP contribution is -2.24. The summed E-state index contributed by atoms with van der Waals surface area (Å²) in [6, 6.07) is 6.84. The Bertz CT molecular complexity index is 479. The third-order valence-electron chi connectivity index (χ3n) is 3.28. The van der Waals surface area contributed by atoms with Crippen LogP contribution in [0.25, 0.3) is 0 Å². The fourth-order valence-corrected chi connectivity index (χ4v) is 3.35. The van der Waals surface area contributed by atoms with Crippen molar-refractivity contribution in [1.82, 2.24) is 10.3 Å². The van der Waals surface area contributed by atoms with Gasteiger partial charge in [-0.25, -0.2) is 0 Å². The summed E-state index contributed by atoms with van der Waals surface area (Å²) in [6.45, 7) is 5.50. The molecule has 0 bridgehead atoms. The minimum atomic E-state index is 0.416. The van der Waals surface area contributed by atoms with Crippen LogP contribution in [-0.2, 0) is 12.8 Å². The number of thiophene rings is 1. The van der Waals surface area contributed by atoms with Gasteiger partial charge in [-0.3, -0.25) is 4.98 Å². The lowest BCUT2D eigenvalue weighted by molar-refractivity contribution is 0.533. The van der Waals surface area contributed by atoms with Gasteiger partial charge >= 0.3 is 0 Å². The minimum absolute atomic E-state index is 0.416. The van der Waals surface area contributed by atoms with Crippen LogP contribution in [0, 0.1) is 0 Å². The zero-order chi connectivity index (χ0) is 13.5. The van der Waals surface area contributed by atoms with Gasteiger partial charge in [-0.15, -0.1) is 11.3 Å². The van der Waals surface area contributed by atoms with E-state index in [0.29, 0.717) is 6.04 Å². The Morgan fingerprint density at radius 2 is 2.21 bits per heavy atom. The number of hydrogen-bond donors (Lipinski definition) is 1. The highest BCUT2D eigenvalue weighted by Crippen LogP contribution is 2.27. The van der Waals surface area contributed by atoms with Gasteiger partial charge in [0, 0.05) is 23.3 Å². The van der Waals surface area contributed by atoms with Gasteiger partial charge in [0.15, 0.2) is 0 Å². The molecule has 0 spiro atoms. The Hall–Kier alpha value is -1.19. The SMILES string of the molecule is CCCNC(Cc1cccnc1)c1sccc1CC. The molecule has 0 aliphatic rings. The number of aryl methyl sites for hydroxylation is 1. The van der Waals surface area contributed by atoms with Crippen LogP contribution in [0.5, 0.6) is 0 Å². The molecule has 2 aromatic heterocycles. The Morgan fingerprint density at radius 1 is 1.32 bits per heavy atom. The summed E-state index contributed by atoms with van der Waals surface area (Å²) in [5.41, 5.74) is 2.77. The molecule has 0 fully saturated rings. The highest BCUT2D eigenvalue weighted by Gasteiger charge is 2.16. The largest absolute Gasteiger partial charge is 0.309 e. The van der Waals surface area contributed by atoms with E-state index in [9.17, 15) is 0 Å². The first-order valence-electron chi connectivity index (χ1n) is 7.03. The van der Waals surface area contributed by atoms with Crippen LogP contribution >= 0.6 is 11.3 Å². The Morgan fingerprint density at radius 3 is 2.89 bits per heavy atom. The van der Waals surface area contributed by atoms with E-state index in [1.165, 1.54) is 16.0 Å². The van der Waals surface area contributed by atoms with Gasteiger partial charge in [0.1, 0.15) is 0 Å². The molecular formula is C16H22N2S. The van der Waals surface area contributed by atoms with Crippen molar-refractivity contribution in [1.29, 1.82) is 0 Å². The molecule has 0 aromatic carbocycles. The fourth-order valence-electron chi connectivity index (χ4n) is 2.28. The van der Waals surface area contributed by atoms with Crippen LogP contribution < -0.4 is 5.32 Å². The molecule has 19 heavy (non-hydrogen) atoms. The van der Waals surface area contributed by atoms with Crippen LogP contribution in [0.15, 0.2) is 36.0 Å². The Labute approximate surface area is 119 Å². The molecule has 102 valence electrons. The summed E-state index contributed by atoms with van der Waals surface area (Å²) in [5.74, 6) is 0. The van der Waals surface area contributed by atoms with Crippen LogP contribution in [0.4, 0.5) is 0 Å². The molecule has 0 aliphatic carbocycles. The molecule has 2 nitrogen and oxygen atoms in total. The first kappa shape index (κ1) is 14.2. The van der Waals surface area contributed by atoms with E-state index < -0.39 is 0 Å². The zero-order valence-corrected chi connectivity index (χ0v) is 12.5. The van der Waals surface area contributed by atoms with Gasteiger partial charge in [0.25, 0.3) is 0 Å². The smallest absolute Gasteiger partial charge is 0.0459 e. The molecule has 1 atom stereocenters. The third kappa shape index (κ3) is 3.88. The van der Waals surface area contributed by atoms with Gasteiger partial charge in [-0.05, 0) is 54.4 Å². The van der Waals surface area contributed by atoms with Crippen LogP contribution in [-0.4, -0.2) is 11.5 Å². The Balaban J connectivity index is 2.16. The van der Waals surface area contributed by atoms with E-state index >= 15 is 0 Å². The molecular weight excluding hydrogens is 252 g/mol. The normalized spacial score (nSPS) is 12.5. The molecule has 2 aromatic rings. The fraction of sp³-hybridized carbons (Fsp3) is 0.438. The average Bonchev–Trinajstić information content (AvgIpc) is 2.93. The predicted octanol–water partition coefficient (Wildman–Crippen LogP) is 3.99. The molecule has 0 saturated heterocycles. The highest BCUT2D eigenvalue weighted by molar-refractivity contribution is 7.10. The van der Waals surface area contributed by atoms with Crippen molar-refractivity contribution in [3.63, 3.8) is 0 Å². The molecule has 0 radical (unpaired) electrons. The average molecular weight is 274 g/mol. The first-order chi connectivity index (χ1) is 9.35. The van der Waals surface area contributed by atoms with Crippen molar-refractivity contribution in [2.75, 3.05) is 6.54 Å². The quantitative estimate of drug-likeness (QED) is 0.826. The first-order valence-corrected chi connectivity index (χ1v) is 7.91. The number of nitrogens with zero attached hydrogens (tertiary/aromatic N) is 1. The number of pyridine rings is 1. The molecule has 0 saturated carbocycles. The number of hydrogen-bond acceptors (Lipinski definition) is 3. The minimum Gasteiger partial charge on any atom is -0.309 e. The number of aromatic nitrogens is 1. The molecule has 1 unspecified atom stereocenters. The van der Waals surface area contributed by atoms with Crippen molar-refractivity contribution < 1.29 is 0 Å². The summed E-state index contributed by atoms with van der Waals surface area (Å²) in [7, 11) is 0. The van der Waals surface area contributed by atoms with Crippen molar-refractivity contribution in [3.05, 3.63) is 52.0 Å². The lowest BCUT2D eigenvalue weighted by Gasteiger charge is -2.19. The molecule has 2 rings (SSSR count). The van der Waals surface area contributed by atoms with Crippen LogP contribution in [0.2, 0.25) is 0 Å². The maximum Gasteiger partial charge on any atom is 0.0459 e. The standard InChI is InChI=1S/C16H22N2S/c1-3-8-18-15(11-13-6-5-9-17-12-13)16-14(4-2)7-10-19-16/h5-7,9-10,12,15,18H,3-4,8,11H2,1-2H3.